The van der Waals surface area contributed by atoms with Gasteiger partial charge in [0.1, 0.15) is 11.6 Å². The molecule has 18 heavy (non-hydrogen) atoms. The lowest BCUT2D eigenvalue weighted by atomic mass is 9.96. The molecule has 0 spiro atoms. The number of hydrogen-bond acceptors (Lipinski definition) is 1. The van der Waals surface area contributed by atoms with Crippen LogP contribution in [0.15, 0.2) is 30.3 Å². The first-order chi connectivity index (χ1) is 8.52. The van der Waals surface area contributed by atoms with Gasteiger partial charge in [-0.05, 0) is 48.2 Å². The van der Waals surface area contributed by atoms with Crippen LogP contribution in [0.3, 0.4) is 0 Å². The van der Waals surface area contributed by atoms with E-state index in [0.29, 0.717) is 17.7 Å². The molecule has 0 radical (unpaired) electrons. The minimum absolute atomic E-state index is 0.398. The van der Waals surface area contributed by atoms with E-state index in [9.17, 15) is 8.78 Å². The smallest absolute Gasteiger partial charge is 0.133 e. The van der Waals surface area contributed by atoms with E-state index in [2.05, 4.69) is 0 Å². The first-order valence-electron chi connectivity index (χ1n) is 5.78. The molecule has 0 saturated heterocycles. The van der Waals surface area contributed by atoms with Crippen LogP contribution < -0.4 is 5.73 Å². The van der Waals surface area contributed by atoms with Gasteiger partial charge in [0.05, 0.1) is 0 Å². The summed E-state index contributed by atoms with van der Waals surface area (Å²) in [6, 6.07) is 8.13. The van der Waals surface area contributed by atoms with Gasteiger partial charge in [-0.15, -0.1) is 0 Å². The van der Waals surface area contributed by atoms with E-state index < -0.39 is 11.6 Å². The van der Waals surface area contributed by atoms with Crippen LogP contribution in [0.1, 0.15) is 16.7 Å². The van der Waals surface area contributed by atoms with E-state index in [-0.39, 0.29) is 0 Å². The molecule has 94 valence electrons. The second kappa shape index (κ2) is 4.86. The Hall–Kier alpha value is -1.74. The highest BCUT2D eigenvalue weighted by Gasteiger charge is 2.11. The third-order valence-electron chi connectivity index (χ3n) is 3.08. The first kappa shape index (κ1) is 12.7. The van der Waals surface area contributed by atoms with Crippen LogP contribution in [0.4, 0.5) is 8.78 Å². The van der Waals surface area contributed by atoms with Crippen molar-refractivity contribution in [2.45, 2.75) is 20.4 Å². The molecule has 2 N–H and O–H groups in total. The van der Waals surface area contributed by atoms with E-state index in [0.717, 1.165) is 22.8 Å². The van der Waals surface area contributed by atoms with E-state index in [1.165, 1.54) is 6.07 Å². The van der Waals surface area contributed by atoms with E-state index in [4.69, 9.17) is 5.73 Å². The van der Waals surface area contributed by atoms with Crippen molar-refractivity contribution in [2.24, 2.45) is 5.73 Å². The fourth-order valence-corrected chi connectivity index (χ4v) is 1.95. The Bertz CT molecular complexity index is 591. The van der Waals surface area contributed by atoms with Gasteiger partial charge >= 0.3 is 0 Å². The second-order valence-electron chi connectivity index (χ2n) is 4.43. The lowest BCUT2D eigenvalue weighted by Gasteiger charge is -2.11. The van der Waals surface area contributed by atoms with Gasteiger partial charge in [0, 0.05) is 18.2 Å². The van der Waals surface area contributed by atoms with Gasteiger partial charge in [-0.25, -0.2) is 8.78 Å². The molecule has 0 unspecified atom stereocenters. The molecule has 3 heteroatoms. The minimum Gasteiger partial charge on any atom is -0.326 e. The molecular formula is C15H15F2N. The first-order valence-corrected chi connectivity index (χ1v) is 5.78. The fourth-order valence-electron chi connectivity index (χ4n) is 1.95. The summed E-state index contributed by atoms with van der Waals surface area (Å²) in [6.07, 6.45) is 0. The van der Waals surface area contributed by atoms with Crippen LogP contribution in [0.25, 0.3) is 11.1 Å². The summed E-state index contributed by atoms with van der Waals surface area (Å²) in [5.41, 5.74) is 9.07. The normalized spacial score (nSPS) is 10.7. The topological polar surface area (TPSA) is 26.0 Å². The van der Waals surface area contributed by atoms with Crippen LogP contribution in [0, 0.1) is 25.5 Å². The molecule has 2 rings (SSSR count). The monoisotopic (exact) mass is 247 g/mol. The number of benzene rings is 2. The molecule has 0 aliphatic carbocycles. The largest absolute Gasteiger partial charge is 0.326 e. The molecule has 2 aromatic carbocycles. The van der Waals surface area contributed by atoms with Gasteiger partial charge in [0.25, 0.3) is 0 Å². The Morgan fingerprint density at radius 1 is 0.889 bits per heavy atom. The summed E-state index contributed by atoms with van der Waals surface area (Å²) in [4.78, 5) is 0. The molecule has 0 aliphatic rings. The Kier molecular flexibility index (Phi) is 3.43. The summed E-state index contributed by atoms with van der Waals surface area (Å²) in [5, 5.41) is 0. The van der Waals surface area contributed by atoms with Crippen LogP contribution in [-0.4, -0.2) is 0 Å². The van der Waals surface area contributed by atoms with Gasteiger partial charge in [-0.2, -0.15) is 0 Å². The average Bonchev–Trinajstić information content (AvgIpc) is 2.35. The lowest BCUT2D eigenvalue weighted by molar-refractivity contribution is 0.579. The molecule has 0 aliphatic heterocycles. The van der Waals surface area contributed by atoms with Crippen molar-refractivity contribution in [2.75, 3.05) is 0 Å². The van der Waals surface area contributed by atoms with Crippen LogP contribution in [-0.2, 0) is 6.54 Å². The maximum Gasteiger partial charge on any atom is 0.133 e. The highest BCUT2D eigenvalue weighted by Crippen LogP contribution is 2.29. The predicted molar refractivity (Wildman–Crippen MR) is 69.2 cm³/mol. The zero-order valence-electron chi connectivity index (χ0n) is 10.4. The van der Waals surface area contributed by atoms with Crippen LogP contribution in [0.5, 0.6) is 0 Å². The van der Waals surface area contributed by atoms with Crippen LogP contribution in [0.2, 0.25) is 0 Å². The molecule has 0 bridgehead atoms. The Balaban J connectivity index is 2.64. The van der Waals surface area contributed by atoms with Gasteiger partial charge in [-0.3, -0.25) is 0 Å². The second-order valence-corrected chi connectivity index (χ2v) is 4.43. The molecule has 0 aromatic heterocycles. The van der Waals surface area contributed by atoms with Crippen molar-refractivity contribution in [1.29, 1.82) is 0 Å². The standard InChI is InChI=1S/C15H15F2N/c1-9-3-4-11(8-18)6-12(9)13-5-10(2)14(16)7-15(13)17/h3-7H,8,18H2,1-2H3. The number of aryl methyl sites for hydroxylation is 2. The van der Waals surface area contributed by atoms with Crippen molar-refractivity contribution in [1.82, 2.24) is 0 Å². The van der Waals surface area contributed by atoms with E-state index in [1.807, 2.05) is 25.1 Å². The number of rotatable bonds is 2. The van der Waals surface area contributed by atoms with Gasteiger partial charge < -0.3 is 5.73 Å². The van der Waals surface area contributed by atoms with Gasteiger partial charge in [0.15, 0.2) is 0 Å². The highest BCUT2D eigenvalue weighted by atomic mass is 19.1. The molecule has 1 nitrogen and oxygen atoms in total. The quantitative estimate of drug-likeness (QED) is 0.860. The molecule has 0 heterocycles. The fraction of sp³-hybridized carbons (Fsp3) is 0.200. The van der Waals surface area contributed by atoms with E-state index in [1.54, 1.807) is 6.92 Å². The van der Waals surface area contributed by atoms with Crippen molar-refractivity contribution in [3.63, 3.8) is 0 Å². The van der Waals surface area contributed by atoms with E-state index >= 15 is 0 Å². The molecule has 0 atom stereocenters. The highest BCUT2D eigenvalue weighted by molar-refractivity contribution is 5.69. The zero-order valence-corrected chi connectivity index (χ0v) is 10.4. The summed E-state index contributed by atoms with van der Waals surface area (Å²) < 4.78 is 27.1. The third kappa shape index (κ3) is 2.27. The van der Waals surface area contributed by atoms with Crippen molar-refractivity contribution >= 4 is 0 Å². The SMILES string of the molecule is Cc1cc(-c2cc(CN)ccc2C)c(F)cc1F. The summed E-state index contributed by atoms with van der Waals surface area (Å²) in [6.45, 7) is 3.92. The van der Waals surface area contributed by atoms with Gasteiger partial charge in [-0.1, -0.05) is 12.1 Å². The van der Waals surface area contributed by atoms with Gasteiger partial charge in [0.2, 0.25) is 0 Å². The predicted octanol–water partition coefficient (Wildman–Crippen LogP) is 3.71. The summed E-state index contributed by atoms with van der Waals surface area (Å²) in [5.74, 6) is -1.07. The Labute approximate surface area is 105 Å². The molecule has 0 amide bonds. The van der Waals surface area contributed by atoms with Crippen molar-refractivity contribution in [3.8, 4) is 11.1 Å². The van der Waals surface area contributed by atoms with Crippen molar-refractivity contribution in [3.05, 3.63) is 58.7 Å². The third-order valence-corrected chi connectivity index (χ3v) is 3.08. The Morgan fingerprint density at radius 2 is 1.61 bits per heavy atom. The molecule has 2 aromatic rings. The number of hydrogen-bond donors (Lipinski definition) is 1. The average molecular weight is 247 g/mol. The summed E-state index contributed by atoms with van der Waals surface area (Å²) >= 11 is 0. The summed E-state index contributed by atoms with van der Waals surface area (Å²) in [7, 11) is 0. The maximum absolute atomic E-state index is 13.9. The Morgan fingerprint density at radius 3 is 2.28 bits per heavy atom. The molecular weight excluding hydrogens is 232 g/mol. The molecule has 0 saturated carbocycles. The molecule has 0 fully saturated rings. The number of nitrogens with two attached hydrogens (primary N) is 1. The van der Waals surface area contributed by atoms with Crippen molar-refractivity contribution < 1.29 is 8.78 Å². The lowest BCUT2D eigenvalue weighted by Crippen LogP contribution is -1.98. The maximum atomic E-state index is 13.9. The number of halogens is 2. The minimum atomic E-state index is -0.546. The van der Waals surface area contributed by atoms with Crippen LogP contribution >= 0.6 is 0 Å². The zero-order chi connectivity index (χ0) is 13.3.